The molecule has 0 saturated heterocycles. The molecule has 0 aliphatic heterocycles. The summed E-state index contributed by atoms with van der Waals surface area (Å²) in [5, 5.41) is 5.87. The van der Waals surface area contributed by atoms with Gasteiger partial charge in [0.05, 0.1) is 6.04 Å². The monoisotopic (exact) mass is 286 g/mol. The highest BCUT2D eigenvalue weighted by Gasteiger charge is 2.14. The maximum atomic E-state index is 13.7. The summed E-state index contributed by atoms with van der Waals surface area (Å²) < 4.78 is 13.7. The van der Waals surface area contributed by atoms with Crippen molar-refractivity contribution in [3.8, 4) is 0 Å². The molecule has 0 aliphatic rings. The highest BCUT2D eigenvalue weighted by atomic mass is 19.1. The molecule has 110 valence electrons. The summed E-state index contributed by atoms with van der Waals surface area (Å²) in [5.41, 5.74) is 3.02. The molecule has 0 radical (unpaired) electrons. The highest BCUT2D eigenvalue weighted by Crippen LogP contribution is 2.19. The van der Waals surface area contributed by atoms with Crippen LogP contribution in [0.15, 0.2) is 42.5 Å². The van der Waals surface area contributed by atoms with Gasteiger partial charge in [0, 0.05) is 23.9 Å². The number of hydrogen-bond donors (Lipinski definition) is 2. The first-order chi connectivity index (χ1) is 10.0. The Morgan fingerprint density at radius 2 is 1.90 bits per heavy atom. The molecule has 21 heavy (non-hydrogen) atoms. The molecule has 1 amide bonds. The van der Waals surface area contributed by atoms with Crippen molar-refractivity contribution in [2.45, 2.75) is 19.9 Å². The molecule has 0 aromatic heterocycles. The Morgan fingerprint density at radius 1 is 1.19 bits per heavy atom. The maximum absolute atomic E-state index is 13.7. The zero-order valence-corrected chi connectivity index (χ0v) is 12.4. The molecule has 0 aliphatic carbocycles. The zero-order chi connectivity index (χ0) is 15.4. The van der Waals surface area contributed by atoms with Crippen LogP contribution in [0.3, 0.4) is 0 Å². The second kappa shape index (κ2) is 6.39. The molecule has 0 saturated carbocycles. The van der Waals surface area contributed by atoms with Crippen LogP contribution in [0.2, 0.25) is 0 Å². The van der Waals surface area contributed by atoms with Gasteiger partial charge in [0.2, 0.25) is 0 Å². The van der Waals surface area contributed by atoms with Gasteiger partial charge in [0.15, 0.2) is 0 Å². The Morgan fingerprint density at radius 3 is 2.52 bits per heavy atom. The average molecular weight is 286 g/mol. The Bertz CT molecular complexity index is 655. The largest absolute Gasteiger partial charge is 0.388 e. The third-order valence-corrected chi connectivity index (χ3v) is 3.48. The SMILES string of the molecule is CNc1ccc(C(=O)NC(C)c2ccccc2F)cc1C. The van der Waals surface area contributed by atoms with Gasteiger partial charge in [-0.1, -0.05) is 18.2 Å². The zero-order valence-electron chi connectivity index (χ0n) is 12.4. The molecule has 2 rings (SSSR count). The summed E-state index contributed by atoms with van der Waals surface area (Å²) in [6.07, 6.45) is 0. The fraction of sp³-hybridized carbons (Fsp3) is 0.235. The third-order valence-electron chi connectivity index (χ3n) is 3.48. The van der Waals surface area contributed by atoms with E-state index in [9.17, 15) is 9.18 Å². The van der Waals surface area contributed by atoms with E-state index in [-0.39, 0.29) is 17.8 Å². The van der Waals surface area contributed by atoms with Crippen molar-refractivity contribution in [1.82, 2.24) is 5.32 Å². The molecule has 4 heteroatoms. The number of halogens is 1. The minimum atomic E-state index is -0.386. The van der Waals surface area contributed by atoms with Crippen LogP contribution in [0.5, 0.6) is 0 Å². The van der Waals surface area contributed by atoms with Crippen LogP contribution in [0.4, 0.5) is 10.1 Å². The van der Waals surface area contributed by atoms with Gasteiger partial charge in [-0.05, 0) is 43.7 Å². The molecule has 1 atom stereocenters. The summed E-state index contributed by atoms with van der Waals surface area (Å²) in [5.74, 6) is -0.525. The van der Waals surface area contributed by atoms with Crippen molar-refractivity contribution in [3.05, 3.63) is 65.0 Å². The summed E-state index contributed by atoms with van der Waals surface area (Å²) in [7, 11) is 1.84. The van der Waals surface area contributed by atoms with Crippen LogP contribution in [-0.4, -0.2) is 13.0 Å². The molecule has 2 N–H and O–H groups in total. The van der Waals surface area contributed by atoms with Gasteiger partial charge in [-0.25, -0.2) is 4.39 Å². The normalized spacial score (nSPS) is 11.8. The predicted octanol–water partition coefficient (Wildman–Crippen LogP) is 3.67. The van der Waals surface area contributed by atoms with E-state index in [0.717, 1.165) is 11.3 Å². The molecule has 3 nitrogen and oxygen atoms in total. The third kappa shape index (κ3) is 3.40. The molecule has 0 heterocycles. The van der Waals surface area contributed by atoms with E-state index in [2.05, 4.69) is 10.6 Å². The van der Waals surface area contributed by atoms with Gasteiger partial charge in [-0.2, -0.15) is 0 Å². The standard InChI is InChI=1S/C17H19FN2O/c1-11-10-13(8-9-16(11)19-3)17(21)20-12(2)14-6-4-5-7-15(14)18/h4-10,12,19H,1-3H3,(H,20,21). The van der Waals surface area contributed by atoms with E-state index in [1.807, 2.05) is 26.1 Å². The average Bonchev–Trinajstić information content (AvgIpc) is 2.47. The van der Waals surface area contributed by atoms with E-state index in [0.29, 0.717) is 11.1 Å². The molecule has 0 fully saturated rings. The predicted molar refractivity (Wildman–Crippen MR) is 83.0 cm³/mol. The topological polar surface area (TPSA) is 41.1 Å². The first kappa shape index (κ1) is 15.0. The molecule has 0 spiro atoms. The lowest BCUT2D eigenvalue weighted by Crippen LogP contribution is -2.27. The smallest absolute Gasteiger partial charge is 0.251 e. The minimum absolute atomic E-state index is 0.212. The molecule has 0 bridgehead atoms. The number of amides is 1. The molecule has 1 unspecified atom stereocenters. The summed E-state index contributed by atoms with van der Waals surface area (Å²) in [4.78, 5) is 12.2. The molecular weight excluding hydrogens is 267 g/mol. The maximum Gasteiger partial charge on any atom is 0.251 e. The lowest BCUT2D eigenvalue weighted by atomic mass is 10.1. The number of anilines is 1. The van der Waals surface area contributed by atoms with Crippen molar-refractivity contribution >= 4 is 11.6 Å². The number of carbonyl (C=O) groups is 1. The molecule has 2 aromatic rings. The Kier molecular flexibility index (Phi) is 4.58. The number of rotatable bonds is 4. The fourth-order valence-electron chi connectivity index (χ4n) is 2.27. The van der Waals surface area contributed by atoms with Gasteiger partial charge in [-0.3, -0.25) is 4.79 Å². The summed E-state index contributed by atoms with van der Waals surface area (Å²) in [6, 6.07) is 11.5. The van der Waals surface area contributed by atoms with Crippen LogP contribution in [0.1, 0.15) is 34.5 Å². The van der Waals surface area contributed by atoms with Crippen molar-refractivity contribution in [2.75, 3.05) is 12.4 Å². The first-order valence-corrected chi connectivity index (χ1v) is 6.86. The molecule has 2 aromatic carbocycles. The molecular formula is C17H19FN2O. The van der Waals surface area contributed by atoms with Crippen molar-refractivity contribution in [2.24, 2.45) is 0 Å². The quantitative estimate of drug-likeness (QED) is 0.900. The van der Waals surface area contributed by atoms with E-state index >= 15 is 0 Å². The van der Waals surface area contributed by atoms with Gasteiger partial charge in [-0.15, -0.1) is 0 Å². The van der Waals surface area contributed by atoms with Crippen LogP contribution in [-0.2, 0) is 0 Å². The van der Waals surface area contributed by atoms with E-state index < -0.39 is 0 Å². The van der Waals surface area contributed by atoms with Gasteiger partial charge in [0.1, 0.15) is 5.82 Å². The van der Waals surface area contributed by atoms with Gasteiger partial charge >= 0.3 is 0 Å². The second-order valence-electron chi connectivity index (χ2n) is 5.00. The number of benzene rings is 2. The van der Waals surface area contributed by atoms with Crippen molar-refractivity contribution < 1.29 is 9.18 Å². The minimum Gasteiger partial charge on any atom is -0.388 e. The van der Waals surface area contributed by atoms with E-state index in [1.165, 1.54) is 6.07 Å². The van der Waals surface area contributed by atoms with E-state index in [4.69, 9.17) is 0 Å². The van der Waals surface area contributed by atoms with Crippen LogP contribution < -0.4 is 10.6 Å². The Labute approximate surface area is 124 Å². The van der Waals surface area contributed by atoms with Gasteiger partial charge in [0.25, 0.3) is 5.91 Å². The van der Waals surface area contributed by atoms with E-state index in [1.54, 1.807) is 31.2 Å². The first-order valence-electron chi connectivity index (χ1n) is 6.86. The number of carbonyl (C=O) groups excluding carboxylic acids is 1. The van der Waals surface area contributed by atoms with Crippen molar-refractivity contribution in [1.29, 1.82) is 0 Å². The number of hydrogen-bond acceptors (Lipinski definition) is 2. The number of nitrogens with one attached hydrogen (secondary N) is 2. The number of aryl methyl sites for hydroxylation is 1. The fourth-order valence-corrected chi connectivity index (χ4v) is 2.27. The lowest BCUT2D eigenvalue weighted by Gasteiger charge is -2.15. The Balaban J connectivity index is 2.14. The highest BCUT2D eigenvalue weighted by molar-refractivity contribution is 5.95. The lowest BCUT2D eigenvalue weighted by molar-refractivity contribution is 0.0939. The van der Waals surface area contributed by atoms with Gasteiger partial charge < -0.3 is 10.6 Å². The van der Waals surface area contributed by atoms with Crippen LogP contribution >= 0.6 is 0 Å². The van der Waals surface area contributed by atoms with Crippen LogP contribution in [0.25, 0.3) is 0 Å². The summed E-state index contributed by atoms with van der Waals surface area (Å²) in [6.45, 7) is 3.70. The summed E-state index contributed by atoms with van der Waals surface area (Å²) >= 11 is 0. The Hall–Kier alpha value is -2.36. The second-order valence-corrected chi connectivity index (χ2v) is 5.00. The van der Waals surface area contributed by atoms with Crippen LogP contribution in [0, 0.1) is 12.7 Å². The van der Waals surface area contributed by atoms with Crippen molar-refractivity contribution in [3.63, 3.8) is 0 Å².